The Balaban J connectivity index is 4.19. The number of likely N-dealkylation sites (N-methyl/N-ethyl adjacent to an activating group) is 1. The van der Waals surface area contributed by atoms with Gasteiger partial charge in [0, 0.05) is 0 Å². The van der Waals surface area contributed by atoms with Crippen LogP contribution in [0.3, 0.4) is 0 Å². The van der Waals surface area contributed by atoms with E-state index in [0.717, 1.165) is 19.5 Å². The maximum atomic E-state index is 11.2. The fraction of sp³-hybridized carbons (Fsp3) is 0.889. The molecule has 0 radical (unpaired) electrons. The molecule has 72 valence electrons. The smallest absolute Gasteiger partial charge is 0.323 e. The first kappa shape index (κ1) is 11.4. The second-order valence-corrected chi connectivity index (χ2v) is 2.67. The van der Waals surface area contributed by atoms with E-state index in [-0.39, 0.29) is 12.0 Å². The summed E-state index contributed by atoms with van der Waals surface area (Å²) in [5.74, 6) is -0.124. The molecule has 0 spiro atoms. The van der Waals surface area contributed by atoms with E-state index in [9.17, 15) is 4.79 Å². The maximum absolute atomic E-state index is 11.2. The van der Waals surface area contributed by atoms with E-state index in [4.69, 9.17) is 4.74 Å². The SMILES string of the molecule is CC[C@@H](C(=O)OC)N(CC)CC. The molecule has 12 heavy (non-hydrogen) atoms. The minimum Gasteiger partial charge on any atom is -0.468 e. The molecule has 0 aliphatic carbocycles. The molecular formula is C9H19NO2. The third-order valence-electron chi connectivity index (χ3n) is 2.11. The van der Waals surface area contributed by atoms with Crippen LogP contribution in [0.2, 0.25) is 0 Å². The summed E-state index contributed by atoms with van der Waals surface area (Å²) < 4.78 is 4.71. The maximum Gasteiger partial charge on any atom is 0.323 e. The number of carbonyl (C=O) groups is 1. The Morgan fingerprint density at radius 1 is 1.33 bits per heavy atom. The van der Waals surface area contributed by atoms with E-state index in [1.54, 1.807) is 0 Å². The molecule has 0 aromatic heterocycles. The van der Waals surface area contributed by atoms with Gasteiger partial charge in [0.2, 0.25) is 0 Å². The van der Waals surface area contributed by atoms with Crippen LogP contribution in [0.15, 0.2) is 0 Å². The zero-order valence-electron chi connectivity index (χ0n) is 8.46. The van der Waals surface area contributed by atoms with Crippen LogP contribution in [-0.2, 0) is 9.53 Å². The third kappa shape index (κ3) is 2.81. The lowest BCUT2D eigenvalue weighted by Crippen LogP contribution is -2.41. The van der Waals surface area contributed by atoms with E-state index >= 15 is 0 Å². The largest absolute Gasteiger partial charge is 0.468 e. The van der Waals surface area contributed by atoms with Crippen molar-refractivity contribution in [1.29, 1.82) is 0 Å². The summed E-state index contributed by atoms with van der Waals surface area (Å²) in [4.78, 5) is 13.3. The van der Waals surface area contributed by atoms with Crippen molar-refractivity contribution in [3.63, 3.8) is 0 Å². The lowest BCUT2D eigenvalue weighted by molar-refractivity contribution is -0.147. The Labute approximate surface area is 74.7 Å². The molecule has 0 fully saturated rings. The predicted molar refractivity (Wildman–Crippen MR) is 49.0 cm³/mol. The van der Waals surface area contributed by atoms with Crippen LogP contribution in [0.5, 0.6) is 0 Å². The van der Waals surface area contributed by atoms with Crippen LogP contribution in [0.4, 0.5) is 0 Å². The molecule has 0 heterocycles. The van der Waals surface area contributed by atoms with Gasteiger partial charge in [0.25, 0.3) is 0 Å². The van der Waals surface area contributed by atoms with Crippen molar-refractivity contribution in [2.24, 2.45) is 0 Å². The highest BCUT2D eigenvalue weighted by atomic mass is 16.5. The molecule has 0 amide bonds. The van der Waals surface area contributed by atoms with Gasteiger partial charge in [-0.1, -0.05) is 20.8 Å². The van der Waals surface area contributed by atoms with Crippen LogP contribution in [0.25, 0.3) is 0 Å². The van der Waals surface area contributed by atoms with E-state index in [1.165, 1.54) is 7.11 Å². The Morgan fingerprint density at radius 2 is 1.83 bits per heavy atom. The lowest BCUT2D eigenvalue weighted by Gasteiger charge is -2.25. The number of nitrogens with zero attached hydrogens (tertiary/aromatic N) is 1. The van der Waals surface area contributed by atoms with Gasteiger partial charge in [-0.3, -0.25) is 9.69 Å². The topological polar surface area (TPSA) is 29.5 Å². The number of rotatable bonds is 5. The molecule has 0 aromatic carbocycles. The van der Waals surface area contributed by atoms with Crippen LogP contribution in [-0.4, -0.2) is 37.1 Å². The van der Waals surface area contributed by atoms with Crippen molar-refractivity contribution < 1.29 is 9.53 Å². The van der Waals surface area contributed by atoms with Gasteiger partial charge in [-0.15, -0.1) is 0 Å². The monoisotopic (exact) mass is 173 g/mol. The first-order valence-corrected chi connectivity index (χ1v) is 4.53. The molecule has 3 heteroatoms. The summed E-state index contributed by atoms with van der Waals surface area (Å²) in [5.41, 5.74) is 0. The van der Waals surface area contributed by atoms with Gasteiger partial charge >= 0.3 is 5.97 Å². The number of methoxy groups -OCH3 is 1. The average Bonchev–Trinajstić information content (AvgIpc) is 2.12. The molecular weight excluding hydrogens is 154 g/mol. The molecule has 0 unspecified atom stereocenters. The van der Waals surface area contributed by atoms with E-state index in [1.807, 2.05) is 6.92 Å². The van der Waals surface area contributed by atoms with Gasteiger partial charge in [0.15, 0.2) is 0 Å². The molecule has 0 aliphatic rings. The summed E-state index contributed by atoms with van der Waals surface area (Å²) in [6.45, 7) is 7.89. The minimum atomic E-state index is -0.124. The Morgan fingerprint density at radius 3 is 2.08 bits per heavy atom. The number of esters is 1. The van der Waals surface area contributed by atoms with Crippen molar-refractivity contribution >= 4 is 5.97 Å². The Bertz CT molecular complexity index is 132. The molecule has 0 rings (SSSR count). The molecule has 1 atom stereocenters. The molecule has 0 bridgehead atoms. The first-order valence-electron chi connectivity index (χ1n) is 4.53. The quantitative estimate of drug-likeness (QED) is 0.586. The fourth-order valence-electron chi connectivity index (χ4n) is 1.37. The van der Waals surface area contributed by atoms with E-state index < -0.39 is 0 Å². The van der Waals surface area contributed by atoms with E-state index in [2.05, 4.69) is 18.7 Å². The number of hydrogen-bond donors (Lipinski definition) is 0. The molecule has 0 saturated carbocycles. The third-order valence-corrected chi connectivity index (χ3v) is 2.11. The summed E-state index contributed by atoms with van der Waals surface area (Å²) >= 11 is 0. The normalized spacial score (nSPS) is 13.1. The van der Waals surface area contributed by atoms with Crippen LogP contribution >= 0.6 is 0 Å². The summed E-state index contributed by atoms with van der Waals surface area (Å²) in [6.07, 6.45) is 0.814. The number of hydrogen-bond acceptors (Lipinski definition) is 3. The van der Waals surface area contributed by atoms with Gasteiger partial charge in [-0.25, -0.2) is 0 Å². The van der Waals surface area contributed by atoms with Gasteiger partial charge in [0.05, 0.1) is 7.11 Å². The van der Waals surface area contributed by atoms with Crippen molar-refractivity contribution in [3.05, 3.63) is 0 Å². The van der Waals surface area contributed by atoms with Crippen LogP contribution in [0, 0.1) is 0 Å². The predicted octanol–water partition coefficient (Wildman–Crippen LogP) is 1.28. The van der Waals surface area contributed by atoms with Gasteiger partial charge in [0.1, 0.15) is 6.04 Å². The van der Waals surface area contributed by atoms with Crippen molar-refractivity contribution in [2.75, 3.05) is 20.2 Å². The average molecular weight is 173 g/mol. The highest BCUT2D eigenvalue weighted by Gasteiger charge is 2.21. The summed E-state index contributed by atoms with van der Waals surface area (Å²) in [7, 11) is 1.44. The summed E-state index contributed by atoms with van der Waals surface area (Å²) in [6, 6.07) is -0.0648. The summed E-state index contributed by atoms with van der Waals surface area (Å²) in [5, 5.41) is 0. The zero-order chi connectivity index (χ0) is 9.56. The molecule has 0 aromatic rings. The van der Waals surface area contributed by atoms with Gasteiger partial charge in [-0.05, 0) is 19.5 Å². The molecule has 3 nitrogen and oxygen atoms in total. The number of ether oxygens (including phenoxy) is 1. The number of carbonyl (C=O) groups excluding carboxylic acids is 1. The first-order chi connectivity index (χ1) is 5.71. The lowest BCUT2D eigenvalue weighted by atomic mass is 10.2. The minimum absolute atomic E-state index is 0.0648. The van der Waals surface area contributed by atoms with Crippen molar-refractivity contribution in [1.82, 2.24) is 4.90 Å². The highest BCUT2D eigenvalue weighted by molar-refractivity contribution is 5.75. The second kappa shape index (κ2) is 6.00. The Hall–Kier alpha value is -0.570. The molecule has 0 N–H and O–H groups in total. The van der Waals surface area contributed by atoms with Crippen molar-refractivity contribution in [2.45, 2.75) is 33.2 Å². The zero-order valence-corrected chi connectivity index (χ0v) is 8.46. The van der Waals surface area contributed by atoms with Gasteiger partial charge < -0.3 is 4.74 Å². The van der Waals surface area contributed by atoms with Gasteiger partial charge in [-0.2, -0.15) is 0 Å². The molecule has 0 aliphatic heterocycles. The second-order valence-electron chi connectivity index (χ2n) is 2.67. The molecule has 0 saturated heterocycles. The van der Waals surface area contributed by atoms with E-state index in [0.29, 0.717) is 0 Å². The van der Waals surface area contributed by atoms with Crippen LogP contribution in [0.1, 0.15) is 27.2 Å². The Kier molecular flexibility index (Phi) is 5.72. The van der Waals surface area contributed by atoms with Crippen LogP contribution < -0.4 is 0 Å². The fourth-order valence-corrected chi connectivity index (χ4v) is 1.37. The van der Waals surface area contributed by atoms with Crippen molar-refractivity contribution in [3.8, 4) is 0 Å². The standard InChI is InChI=1S/C9H19NO2/c1-5-8(9(11)12-4)10(6-2)7-3/h8H,5-7H2,1-4H3/t8-/m0/s1. The highest BCUT2D eigenvalue weighted by Crippen LogP contribution is 2.05.